The maximum Gasteiger partial charge on any atom is 0.419 e. The molecule has 3 rings (SSSR count). The van der Waals surface area contributed by atoms with Crippen molar-refractivity contribution in [3.63, 3.8) is 0 Å². The van der Waals surface area contributed by atoms with Crippen LogP contribution in [0.1, 0.15) is 37.4 Å². The largest absolute Gasteiger partial charge is 0.506 e. The number of aliphatic hydroxyl groups is 1. The van der Waals surface area contributed by atoms with Crippen LogP contribution in [0.2, 0.25) is 5.02 Å². The molecule has 0 bridgehead atoms. The van der Waals surface area contributed by atoms with E-state index >= 15 is 0 Å². The molecule has 3 N–H and O–H groups in total. The molecule has 0 spiro atoms. The van der Waals surface area contributed by atoms with E-state index in [1.807, 2.05) is 0 Å². The molecule has 2 unspecified atom stereocenters. The quantitative estimate of drug-likeness (QED) is 0.707. The molecule has 2 aromatic rings. The minimum absolute atomic E-state index is 0.0504. The Bertz CT molecular complexity index is 827. The van der Waals surface area contributed by atoms with Crippen LogP contribution in [0.15, 0.2) is 36.7 Å². The first-order valence-corrected chi connectivity index (χ1v) is 8.33. The van der Waals surface area contributed by atoms with Crippen LogP contribution in [-0.2, 0) is 5.41 Å². The fraction of sp³-hybridized carbons (Fsp3) is 0.389. The molecule has 1 aliphatic rings. The van der Waals surface area contributed by atoms with E-state index in [0.29, 0.717) is 11.3 Å². The molecule has 0 amide bonds. The Morgan fingerprint density at radius 3 is 2.54 bits per heavy atom. The zero-order valence-corrected chi connectivity index (χ0v) is 14.9. The third-order valence-electron chi connectivity index (χ3n) is 4.80. The molecule has 2 atom stereocenters. The highest BCUT2D eigenvalue weighted by molar-refractivity contribution is 6.32. The standard InChI is InChI=1S/C18H18ClF3N2O2/c1-16(2)9-17(26,18(20,21)22)15(24-10-4-3-7-23-8-10)11-5-6-12(19)14(25)13(11)16/h3-8,15,24-26H,9H2,1-2H3. The van der Waals surface area contributed by atoms with Crippen LogP contribution >= 0.6 is 11.6 Å². The second-order valence-corrected chi connectivity index (χ2v) is 7.57. The fourth-order valence-electron chi connectivity index (χ4n) is 3.73. The van der Waals surface area contributed by atoms with Gasteiger partial charge in [0.15, 0.2) is 5.60 Å². The van der Waals surface area contributed by atoms with E-state index in [9.17, 15) is 23.4 Å². The van der Waals surface area contributed by atoms with Crippen LogP contribution in [-0.4, -0.2) is 27.0 Å². The number of alkyl halides is 3. The van der Waals surface area contributed by atoms with Crippen molar-refractivity contribution in [2.45, 2.75) is 43.5 Å². The van der Waals surface area contributed by atoms with Crippen LogP contribution in [0, 0.1) is 0 Å². The van der Waals surface area contributed by atoms with Gasteiger partial charge in [-0.1, -0.05) is 31.5 Å². The number of phenols is 1. The van der Waals surface area contributed by atoms with E-state index in [-0.39, 0.29) is 16.3 Å². The van der Waals surface area contributed by atoms with Crippen LogP contribution in [0.25, 0.3) is 0 Å². The fourth-order valence-corrected chi connectivity index (χ4v) is 3.89. The molecule has 140 valence electrons. The molecule has 0 saturated heterocycles. The third kappa shape index (κ3) is 2.89. The van der Waals surface area contributed by atoms with Crippen LogP contribution in [0.4, 0.5) is 18.9 Å². The van der Waals surface area contributed by atoms with Crippen molar-refractivity contribution in [2.24, 2.45) is 0 Å². The highest BCUT2D eigenvalue weighted by atomic mass is 35.5. The highest BCUT2D eigenvalue weighted by Gasteiger charge is 2.64. The normalized spacial score (nSPS) is 24.8. The molecule has 0 aliphatic heterocycles. The molecule has 0 radical (unpaired) electrons. The highest BCUT2D eigenvalue weighted by Crippen LogP contribution is 2.56. The number of benzene rings is 1. The van der Waals surface area contributed by atoms with E-state index < -0.39 is 29.7 Å². The number of nitrogens with zero attached hydrogens (tertiary/aromatic N) is 1. The zero-order chi connectivity index (χ0) is 19.3. The lowest BCUT2D eigenvalue weighted by atomic mass is 9.63. The predicted octanol–water partition coefficient (Wildman–Crippen LogP) is 4.57. The summed E-state index contributed by atoms with van der Waals surface area (Å²) in [6, 6.07) is 4.33. The number of rotatable bonds is 2. The molecule has 0 saturated carbocycles. The van der Waals surface area contributed by atoms with Gasteiger partial charge in [-0.3, -0.25) is 4.98 Å². The summed E-state index contributed by atoms with van der Waals surface area (Å²) in [5, 5.41) is 23.9. The topological polar surface area (TPSA) is 65.4 Å². The van der Waals surface area contributed by atoms with Crippen molar-refractivity contribution in [3.8, 4) is 5.75 Å². The number of halogens is 4. The Morgan fingerprint density at radius 2 is 1.96 bits per heavy atom. The Kier molecular flexibility index (Phi) is 4.36. The average Bonchev–Trinajstić information content (AvgIpc) is 2.53. The van der Waals surface area contributed by atoms with Gasteiger partial charge < -0.3 is 15.5 Å². The first-order chi connectivity index (χ1) is 12.0. The number of nitrogens with one attached hydrogen (secondary N) is 1. The molecule has 8 heteroatoms. The number of aromatic hydroxyl groups is 1. The second kappa shape index (κ2) is 6.03. The monoisotopic (exact) mass is 386 g/mol. The first-order valence-electron chi connectivity index (χ1n) is 7.95. The first kappa shape index (κ1) is 18.8. The smallest absolute Gasteiger partial charge is 0.419 e. The van der Waals surface area contributed by atoms with Gasteiger partial charge in [0, 0.05) is 18.0 Å². The van der Waals surface area contributed by atoms with Crippen molar-refractivity contribution in [1.29, 1.82) is 0 Å². The van der Waals surface area contributed by atoms with E-state index in [0.717, 1.165) is 0 Å². The van der Waals surface area contributed by atoms with Crippen molar-refractivity contribution in [3.05, 3.63) is 52.8 Å². The minimum Gasteiger partial charge on any atom is -0.506 e. The summed E-state index contributed by atoms with van der Waals surface area (Å²) in [7, 11) is 0. The van der Waals surface area contributed by atoms with Gasteiger partial charge in [-0.2, -0.15) is 13.2 Å². The summed E-state index contributed by atoms with van der Waals surface area (Å²) in [5.41, 5.74) is -3.44. The van der Waals surface area contributed by atoms with Gasteiger partial charge in [0.2, 0.25) is 0 Å². The van der Waals surface area contributed by atoms with Gasteiger partial charge in [-0.15, -0.1) is 0 Å². The maximum atomic E-state index is 13.9. The van der Waals surface area contributed by atoms with E-state index in [4.69, 9.17) is 11.6 Å². The number of hydrogen-bond acceptors (Lipinski definition) is 4. The van der Waals surface area contributed by atoms with E-state index in [1.54, 1.807) is 26.0 Å². The van der Waals surface area contributed by atoms with Crippen LogP contribution in [0.5, 0.6) is 5.75 Å². The molecule has 1 aromatic carbocycles. The number of fused-ring (bicyclic) bond motifs is 1. The number of phenolic OH excluding ortho intramolecular Hbond substituents is 1. The summed E-state index contributed by atoms with van der Waals surface area (Å²) >= 11 is 5.98. The van der Waals surface area contributed by atoms with Gasteiger partial charge in [0.05, 0.1) is 16.8 Å². The van der Waals surface area contributed by atoms with Crippen molar-refractivity contribution < 1.29 is 23.4 Å². The third-order valence-corrected chi connectivity index (χ3v) is 5.11. The number of pyridine rings is 1. The average molecular weight is 387 g/mol. The molecular formula is C18H18ClF3N2O2. The summed E-state index contributed by atoms with van der Waals surface area (Å²) in [4.78, 5) is 3.88. The zero-order valence-electron chi connectivity index (χ0n) is 14.1. The number of anilines is 1. The van der Waals surface area contributed by atoms with Gasteiger partial charge in [-0.25, -0.2) is 0 Å². The summed E-state index contributed by atoms with van der Waals surface area (Å²) < 4.78 is 41.7. The van der Waals surface area contributed by atoms with Gasteiger partial charge in [-0.05, 0) is 35.6 Å². The summed E-state index contributed by atoms with van der Waals surface area (Å²) in [6.45, 7) is 3.08. The SMILES string of the molecule is CC1(C)CC(O)(C(F)(F)F)C(Nc2cccnc2)c2ccc(Cl)c(O)c21. The molecular weight excluding hydrogens is 369 g/mol. The van der Waals surface area contributed by atoms with Gasteiger partial charge in [0.1, 0.15) is 5.75 Å². The minimum atomic E-state index is -4.89. The Labute approximate surface area is 153 Å². The van der Waals surface area contributed by atoms with Crippen LogP contribution < -0.4 is 5.32 Å². The number of hydrogen-bond donors (Lipinski definition) is 3. The Balaban J connectivity index is 2.24. The molecule has 1 heterocycles. The maximum absolute atomic E-state index is 13.9. The molecule has 1 aromatic heterocycles. The summed E-state index contributed by atoms with van der Waals surface area (Å²) in [5.74, 6) is -0.267. The number of aromatic nitrogens is 1. The van der Waals surface area contributed by atoms with E-state index in [1.165, 1.54) is 24.5 Å². The lowest BCUT2D eigenvalue weighted by Crippen LogP contribution is -2.58. The Morgan fingerprint density at radius 1 is 1.27 bits per heavy atom. The van der Waals surface area contributed by atoms with Crippen molar-refractivity contribution in [1.82, 2.24) is 4.98 Å². The van der Waals surface area contributed by atoms with Crippen molar-refractivity contribution >= 4 is 17.3 Å². The van der Waals surface area contributed by atoms with Gasteiger partial charge in [0.25, 0.3) is 0 Å². The molecule has 1 aliphatic carbocycles. The summed E-state index contributed by atoms with van der Waals surface area (Å²) in [6.07, 6.45) is -2.67. The lowest BCUT2D eigenvalue weighted by molar-refractivity contribution is -0.275. The Hall–Kier alpha value is -1.99. The molecule has 0 fully saturated rings. The van der Waals surface area contributed by atoms with Crippen molar-refractivity contribution in [2.75, 3.05) is 5.32 Å². The molecule has 26 heavy (non-hydrogen) atoms. The van der Waals surface area contributed by atoms with Gasteiger partial charge >= 0.3 is 6.18 Å². The lowest BCUT2D eigenvalue weighted by Gasteiger charge is -2.49. The van der Waals surface area contributed by atoms with E-state index in [2.05, 4.69) is 10.3 Å². The molecule has 4 nitrogen and oxygen atoms in total. The second-order valence-electron chi connectivity index (χ2n) is 7.16. The van der Waals surface area contributed by atoms with Crippen LogP contribution in [0.3, 0.4) is 0 Å². The predicted molar refractivity (Wildman–Crippen MR) is 92.4 cm³/mol.